The second kappa shape index (κ2) is 9.77. The van der Waals surface area contributed by atoms with E-state index >= 15 is 0 Å². The van der Waals surface area contributed by atoms with Crippen LogP contribution >= 0.6 is 0 Å². The Labute approximate surface area is 200 Å². The summed E-state index contributed by atoms with van der Waals surface area (Å²) < 4.78 is 28.8. The van der Waals surface area contributed by atoms with Crippen molar-refractivity contribution in [2.45, 2.75) is 38.5 Å². The van der Waals surface area contributed by atoms with Gasteiger partial charge in [0.2, 0.25) is 10.0 Å². The first-order chi connectivity index (χ1) is 16.2. The molecule has 0 spiro atoms. The highest BCUT2D eigenvalue weighted by atomic mass is 32.2. The van der Waals surface area contributed by atoms with Crippen molar-refractivity contribution in [1.82, 2.24) is 15.2 Å². The number of benzene rings is 2. The minimum absolute atomic E-state index is 0.00199. The highest BCUT2D eigenvalue weighted by Gasteiger charge is 2.29. The minimum atomic E-state index is -3.50. The summed E-state index contributed by atoms with van der Waals surface area (Å²) in [6.07, 6.45) is 2.42. The fourth-order valence-corrected chi connectivity index (χ4v) is 5.71. The van der Waals surface area contributed by atoms with E-state index in [4.69, 9.17) is 0 Å². The number of amides is 1. The van der Waals surface area contributed by atoms with Crippen LogP contribution in [0.25, 0.3) is 10.9 Å². The molecule has 34 heavy (non-hydrogen) atoms. The molecule has 9 heteroatoms. The Morgan fingerprint density at radius 2 is 1.94 bits per heavy atom. The molecule has 0 aliphatic carbocycles. The van der Waals surface area contributed by atoms with Crippen molar-refractivity contribution in [3.05, 3.63) is 65.4 Å². The molecular weight excluding hydrogens is 452 g/mol. The fourth-order valence-electron chi connectivity index (χ4n) is 4.57. The number of aromatic nitrogens is 1. The standard InChI is InChI=1S/C25H32N4O4S/c1-4-18-16-29-10-11-34(32,33)28(3)22-14-19(13-20(18)24(22)29)25(31)27-21(23(30)15-26-2)12-17-8-6-5-7-9-17/h5-9,13-14,16,21,23,26,30H,4,10-12,15H2,1-3H3,(H,27,31)/t21-,23+/m0/s1. The smallest absolute Gasteiger partial charge is 0.251 e. The van der Waals surface area contributed by atoms with E-state index < -0.39 is 22.2 Å². The topological polar surface area (TPSA) is 104 Å². The zero-order chi connectivity index (χ0) is 24.5. The quantitative estimate of drug-likeness (QED) is 0.453. The maximum Gasteiger partial charge on any atom is 0.251 e. The van der Waals surface area contributed by atoms with E-state index in [1.165, 1.54) is 11.4 Å². The lowest BCUT2D eigenvalue weighted by atomic mass is 10.00. The Balaban J connectivity index is 1.73. The lowest BCUT2D eigenvalue weighted by Gasteiger charge is -2.25. The molecule has 1 aromatic heterocycles. The van der Waals surface area contributed by atoms with Gasteiger partial charge in [-0.25, -0.2) is 8.42 Å². The van der Waals surface area contributed by atoms with E-state index in [-0.39, 0.29) is 11.7 Å². The number of aliphatic hydroxyl groups excluding tert-OH is 1. The zero-order valence-corrected chi connectivity index (χ0v) is 20.6. The van der Waals surface area contributed by atoms with Gasteiger partial charge in [0.15, 0.2) is 0 Å². The first-order valence-electron chi connectivity index (χ1n) is 11.5. The Morgan fingerprint density at radius 3 is 2.62 bits per heavy atom. The van der Waals surface area contributed by atoms with Crippen LogP contribution in [0.15, 0.2) is 48.7 Å². The number of hydrogen-bond acceptors (Lipinski definition) is 5. The van der Waals surface area contributed by atoms with Gasteiger partial charge < -0.3 is 20.3 Å². The average molecular weight is 485 g/mol. The number of likely N-dealkylation sites (N-methyl/N-ethyl adjacent to an activating group) is 1. The van der Waals surface area contributed by atoms with E-state index in [0.717, 1.165) is 28.5 Å². The van der Waals surface area contributed by atoms with Crippen LogP contribution < -0.4 is 14.9 Å². The number of carbonyl (C=O) groups is 1. The van der Waals surface area contributed by atoms with Crippen LogP contribution in [0.2, 0.25) is 0 Å². The predicted molar refractivity (Wildman–Crippen MR) is 135 cm³/mol. The monoisotopic (exact) mass is 484 g/mol. The number of rotatable bonds is 8. The normalized spacial score (nSPS) is 16.8. The third kappa shape index (κ3) is 4.68. The maximum absolute atomic E-state index is 13.4. The number of aryl methyl sites for hydroxylation is 2. The number of hydrogen-bond donors (Lipinski definition) is 3. The van der Waals surface area contributed by atoms with Gasteiger partial charge >= 0.3 is 0 Å². The summed E-state index contributed by atoms with van der Waals surface area (Å²) >= 11 is 0. The van der Waals surface area contributed by atoms with Crippen LogP contribution in [0.4, 0.5) is 5.69 Å². The van der Waals surface area contributed by atoms with Crippen LogP contribution in [-0.4, -0.2) is 62.5 Å². The molecule has 1 amide bonds. The van der Waals surface area contributed by atoms with Gasteiger partial charge in [-0.05, 0) is 43.1 Å². The molecule has 0 saturated carbocycles. The molecule has 2 aromatic carbocycles. The summed E-state index contributed by atoms with van der Waals surface area (Å²) in [5.41, 5.74) is 3.76. The van der Waals surface area contributed by atoms with Gasteiger partial charge in [-0.1, -0.05) is 37.3 Å². The van der Waals surface area contributed by atoms with E-state index in [1.54, 1.807) is 13.1 Å². The Hall–Kier alpha value is -2.88. The van der Waals surface area contributed by atoms with Crippen molar-refractivity contribution in [2.24, 2.45) is 0 Å². The molecule has 0 bridgehead atoms. The summed E-state index contributed by atoms with van der Waals surface area (Å²) in [5, 5.41) is 17.5. The Kier molecular flexibility index (Phi) is 6.97. The number of carbonyl (C=O) groups excluding carboxylic acids is 1. The first-order valence-corrected chi connectivity index (χ1v) is 13.2. The van der Waals surface area contributed by atoms with Gasteiger partial charge in [-0.2, -0.15) is 0 Å². The van der Waals surface area contributed by atoms with Gasteiger partial charge in [0.25, 0.3) is 5.91 Å². The highest BCUT2D eigenvalue weighted by Crippen LogP contribution is 2.35. The fraction of sp³-hybridized carbons (Fsp3) is 0.400. The van der Waals surface area contributed by atoms with E-state index in [0.29, 0.717) is 30.8 Å². The third-order valence-electron chi connectivity index (χ3n) is 6.52. The van der Waals surface area contributed by atoms with Crippen LogP contribution in [-0.2, 0) is 29.4 Å². The van der Waals surface area contributed by atoms with Crippen molar-refractivity contribution in [3.63, 3.8) is 0 Å². The number of sulfonamides is 1. The molecule has 0 radical (unpaired) electrons. The van der Waals surface area contributed by atoms with Crippen molar-refractivity contribution in [1.29, 1.82) is 0 Å². The molecule has 2 atom stereocenters. The van der Waals surface area contributed by atoms with Crippen molar-refractivity contribution >= 4 is 32.5 Å². The second-order valence-electron chi connectivity index (χ2n) is 8.77. The van der Waals surface area contributed by atoms with Crippen LogP contribution in [0.3, 0.4) is 0 Å². The molecule has 4 rings (SSSR count). The van der Waals surface area contributed by atoms with E-state index in [9.17, 15) is 18.3 Å². The van der Waals surface area contributed by atoms with Gasteiger partial charge in [-0.15, -0.1) is 0 Å². The second-order valence-corrected chi connectivity index (χ2v) is 10.9. The first kappa shape index (κ1) is 24.3. The molecule has 0 saturated heterocycles. The van der Waals surface area contributed by atoms with Gasteiger partial charge in [0.05, 0.1) is 29.1 Å². The lowest BCUT2D eigenvalue weighted by molar-refractivity contribution is 0.0834. The number of nitrogens with one attached hydrogen (secondary N) is 2. The number of nitrogens with zero attached hydrogens (tertiary/aromatic N) is 2. The molecule has 0 unspecified atom stereocenters. The zero-order valence-electron chi connectivity index (χ0n) is 19.8. The summed E-state index contributed by atoms with van der Waals surface area (Å²) in [5.74, 6) is -0.346. The summed E-state index contributed by atoms with van der Waals surface area (Å²) in [6.45, 7) is 2.74. The van der Waals surface area contributed by atoms with Gasteiger partial charge in [0.1, 0.15) is 0 Å². The molecule has 3 N–H and O–H groups in total. The molecule has 0 fully saturated rings. The number of anilines is 1. The van der Waals surface area contributed by atoms with E-state index in [1.807, 2.05) is 54.1 Å². The summed E-state index contributed by atoms with van der Waals surface area (Å²) in [7, 11) is -0.210. The van der Waals surface area contributed by atoms with Crippen molar-refractivity contribution in [2.75, 3.05) is 30.7 Å². The average Bonchev–Trinajstić information content (AvgIpc) is 3.15. The van der Waals surface area contributed by atoms with E-state index in [2.05, 4.69) is 10.6 Å². The summed E-state index contributed by atoms with van der Waals surface area (Å²) in [4.78, 5) is 13.4. The molecular formula is C25H32N4O4S. The molecule has 1 aliphatic heterocycles. The molecule has 1 aliphatic rings. The predicted octanol–water partition coefficient (Wildman–Crippen LogP) is 1.90. The van der Waals surface area contributed by atoms with Crippen LogP contribution in [0, 0.1) is 0 Å². The molecule has 8 nitrogen and oxygen atoms in total. The minimum Gasteiger partial charge on any atom is -0.390 e. The lowest BCUT2D eigenvalue weighted by Crippen LogP contribution is -2.48. The van der Waals surface area contributed by atoms with Crippen LogP contribution in [0.5, 0.6) is 0 Å². The molecule has 3 aromatic rings. The van der Waals surface area contributed by atoms with Crippen molar-refractivity contribution < 1.29 is 18.3 Å². The Morgan fingerprint density at radius 1 is 1.21 bits per heavy atom. The largest absolute Gasteiger partial charge is 0.390 e. The van der Waals surface area contributed by atoms with Gasteiger partial charge in [0, 0.05) is 37.3 Å². The van der Waals surface area contributed by atoms with Gasteiger partial charge in [-0.3, -0.25) is 9.10 Å². The van der Waals surface area contributed by atoms with Crippen LogP contribution in [0.1, 0.15) is 28.4 Å². The molecule has 182 valence electrons. The highest BCUT2D eigenvalue weighted by molar-refractivity contribution is 7.92. The van der Waals surface area contributed by atoms with Crippen molar-refractivity contribution in [3.8, 4) is 0 Å². The number of aliphatic hydroxyl groups is 1. The SMILES string of the molecule is CCc1cn2c3c(cc(C(=O)N[C@@H](Cc4ccccc4)[C@H](O)CNC)cc13)N(C)S(=O)(=O)CC2. The third-order valence-corrected chi connectivity index (χ3v) is 8.25. The molecule has 2 heterocycles. The Bertz CT molecular complexity index is 1290. The summed E-state index contributed by atoms with van der Waals surface area (Å²) in [6, 6.07) is 12.6. The maximum atomic E-state index is 13.4.